The van der Waals surface area contributed by atoms with Crippen LogP contribution < -0.4 is 5.73 Å². The molecule has 1 aromatic carbocycles. The lowest BCUT2D eigenvalue weighted by Gasteiger charge is -2.07. The van der Waals surface area contributed by atoms with Crippen molar-refractivity contribution >= 4 is 11.6 Å². The third kappa shape index (κ3) is 1.71. The second kappa shape index (κ2) is 3.96. The van der Waals surface area contributed by atoms with Crippen LogP contribution in [0.2, 0.25) is 5.02 Å². The third-order valence-electron chi connectivity index (χ3n) is 1.98. The van der Waals surface area contributed by atoms with Gasteiger partial charge in [-0.2, -0.15) is 0 Å². The van der Waals surface area contributed by atoms with Crippen molar-refractivity contribution in [2.45, 2.75) is 6.54 Å². The summed E-state index contributed by atoms with van der Waals surface area (Å²) >= 11 is 5.88. The molecule has 15 heavy (non-hydrogen) atoms. The summed E-state index contributed by atoms with van der Waals surface area (Å²) < 4.78 is 14.8. The van der Waals surface area contributed by atoms with Crippen LogP contribution in [0.3, 0.4) is 0 Å². The van der Waals surface area contributed by atoms with Gasteiger partial charge in [0.05, 0.1) is 16.9 Å². The Morgan fingerprint density at radius 2 is 2.27 bits per heavy atom. The first-order chi connectivity index (χ1) is 7.24. The van der Waals surface area contributed by atoms with Crippen molar-refractivity contribution in [1.29, 1.82) is 0 Å². The number of aromatic nitrogens is 3. The zero-order valence-electron chi connectivity index (χ0n) is 7.69. The van der Waals surface area contributed by atoms with Crippen molar-refractivity contribution in [3.63, 3.8) is 0 Å². The molecule has 1 heterocycles. The van der Waals surface area contributed by atoms with Crippen LogP contribution in [-0.4, -0.2) is 15.0 Å². The van der Waals surface area contributed by atoms with Crippen LogP contribution in [0.5, 0.6) is 0 Å². The molecule has 0 aliphatic rings. The second-order valence-corrected chi connectivity index (χ2v) is 3.32. The maximum atomic E-state index is 13.5. The lowest BCUT2D eigenvalue weighted by Crippen LogP contribution is -2.09. The minimum Gasteiger partial charge on any atom is -0.325 e. The predicted molar refractivity (Wildman–Crippen MR) is 54.2 cm³/mol. The number of hydrogen-bond donors (Lipinski definition) is 1. The van der Waals surface area contributed by atoms with Gasteiger partial charge in [0.15, 0.2) is 0 Å². The summed E-state index contributed by atoms with van der Waals surface area (Å²) in [5, 5.41) is 7.67. The normalized spacial score (nSPS) is 10.6. The van der Waals surface area contributed by atoms with Gasteiger partial charge in [-0.05, 0) is 12.1 Å². The second-order valence-electron chi connectivity index (χ2n) is 2.91. The first-order valence-electron chi connectivity index (χ1n) is 4.28. The van der Waals surface area contributed by atoms with Crippen LogP contribution in [0.1, 0.15) is 5.69 Å². The molecule has 0 spiro atoms. The molecule has 0 bridgehead atoms. The van der Waals surface area contributed by atoms with Gasteiger partial charge >= 0.3 is 0 Å². The Kier molecular flexibility index (Phi) is 2.66. The molecule has 0 saturated heterocycles. The van der Waals surface area contributed by atoms with E-state index in [9.17, 15) is 4.39 Å². The minimum atomic E-state index is -0.456. The van der Waals surface area contributed by atoms with Crippen molar-refractivity contribution in [2.75, 3.05) is 0 Å². The molecule has 4 nitrogen and oxygen atoms in total. The highest BCUT2D eigenvalue weighted by atomic mass is 35.5. The number of para-hydroxylation sites is 1. The standard InChI is InChI=1S/C9H8ClFN4/c10-7-2-1-3-8(11)9(7)15-6(4-12)5-13-14-15/h1-3,5H,4,12H2. The number of nitrogens with zero attached hydrogens (tertiary/aromatic N) is 3. The summed E-state index contributed by atoms with van der Waals surface area (Å²) in [6, 6.07) is 4.42. The van der Waals surface area contributed by atoms with E-state index in [1.807, 2.05) is 0 Å². The Morgan fingerprint density at radius 1 is 1.47 bits per heavy atom. The SMILES string of the molecule is NCc1cnnn1-c1c(F)cccc1Cl. The molecule has 0 saturated carbocycles. The third-order valence-corrected chi connectivity index (χ3v) is 2.28. The van der Waals surface area contributed by atoms with Crippen LogP contribution in [0.15, 0.2) is 24.4 Å². The van der Waals surface area contributed by atoms with E-state index in [4.69, 9.17) is 17.3 Å². The van der Waals surface area contributed by atoms with Gasteiger partial charge in [0.2, 0.25) is 0 Å². The van der Waals surface area contributed by atoms with E-state index in [-0.39, 0.29) is 17.3 Å². The molecule has 0 unspecified atom stereocenters. The highest BCUT2D eigenvalue weighted by Crippen LogP contribution is 2.23. The Hall–Kier alpha value is -1.46. The Morgan fingerprint density at radius 3 is 2.93 bits per heavy atom. The molecule has 78 valence electrons. The van der Waals surface area contributed by atoms with E-state index < -0.39 is 5.82 Å². The van der Waals surface area contributed by atoms with E-state index in [2.05, 4.69) is 10.3 Å². The summed E-state index contributed by atoms with van der Waals surface area (Å²) in [4.78, 5) is 0. The topological polar surface area (TPSA) is 56.7 Å². The quantitative estimate of drug-likeness (QED) is 0.845. The largest absolute Gasteiger partial charge is 0.325 e. The average Bonchev–Trinajstić information content (AvgIpc) is 2.65. The van der Waals surface area contributed by atoms with Crippen LogP contribution in [0, 0.1) is 5.82 Å². The first-order valence-corrected chi connectivity index (χ1v) is 4.66. The number of nitrogens with two attached hydrogens (primary N) is 1. The van der Waals surface area contributed by atoms with Crippen LogP contribution in [0.4, 0.5) is 4.39 Å². The molecule has 0 aliphatic heterocycles. The zero-order valence-corrected chi connectivity index (χ0v) is 8.45. The lowest BCUT2D eigenvalue weighted by molar-refractivity contribution is 0.602. The van der Waals surface area contributed by atoms with Gasteiger partial charge in [0.1, 0.15) is 11.5 Å². The Labute approximate surface area is 90.5 Å². The maximum Gasteiger partial charge on any atom is 0.150 e. The fraction of sp³-hybridized carbons (Fsp3) is 0.111. The highest BCUT2D eigenvalue weighted by Gasteiger charge is 2.13. The summed E-state index contributed by atoms with van der Waals surface area (Å²) in [7, 11) is 0. The molecule has 2 N–H and O–H groups in total. The predicted octanol–water partition coefficient (Wildman–Crippen LogP) is 1.52. The van der Waals surface area contributed by atoms with E-state index in [1.165, 1.54) is 23.0 Å². The maximum absolute atomic E-state index is 13.5. The van der Waals surface area contributed by atoms with Crippen molar-refractivity contribution in [3.8, 4) is 5.69 Å². The van der Waals surface area contributed by atoms with E-state index in [1.54, 1.807) is 6.07 Å². The number of rotatable bonds is 2. The zero-order chi connectivity index (χ0) is 10.8. The highest BCUT2D eigenvalue weighted by molar-refractivity contribution is 6.32. The van der Waals surface area contributed by atoms with E-state index >= 15 is 0 Å². The molecule has 2 aromatic rings. The van der Waals surface area contributed by atoms with Crippen LogP contribution in [0.25, 0.3) is 5.69 Å². The molecule has 2 rings (SSSR count). The van der Waals surface area contributed by atoms with Gasteiger partial charge in [-0.3, -0.25) is 0 Å². The minimum absolute atomic E-state index is 0.178. The van der Waals surface area contributed by atoms with Crippen molar-refractivity contribution in [1.82, 2.24) is 15.0 Å². The van der Waals surface area contributed by atoms with Crippen LogP contribution in [-0.2, 0) is 6.54 Å². The molecule has 0 radical (unpaired) electrons. The molecule has 0 amide bonds. The van der Waals surface area contributed by atoms with E-state index in [0.29, 0.717) is 5.69 Å². The fourth-order valence-electron chi connectivity index (χ4n) is 1.28. The van der Waals surface area contributed by atoms with Gasteiger partial charge in [0, 0.05) is 6.54 Å². The van der Waals surface area contributed by atoms with Gasteiger partial charge in [0.25, 0.3) is 0 Å². The van der Waals surface area contributed by atoms with Crippen LogP contribution >= 0.6 is 11.6 Å². The molecular formula is C9H8ClFN4. The Bertz CT molecular complexity index is 462. The fourth-order valence-corrected chi connectivity index (χ4v) is 1.52. The van der Waals surface area contributed by atoms with Crippen molar-refractivity contribution in [2.24, 2.45) is 5.73 Å². The van der Waals surface area contributed by atoms with E-state index in [0.717, 1.165) is 0 Å². The summed E-state index contributed by atoms with van der Waals surface area (Å²) in [5.41, 5.74) is 6.24. The van der Waals surface area contributed by atoms with Crippen molar-refractivity contribution in [3.05, 3.63) is 40.9 Å². The number of hydrogen-bond acceptors (Lipinski definition) is 3. The number of benzene rings is 1. The van der Waals surface area contributed by atoms with Gasteiger partial charge in [-0.1, -0.05) is 22.9 Å². The lowest BCUT2D eigenvalue weighted by atomic mass is 10.3. The molecule has 6 heteroatoms. The summed E-state index contributed by atoms with van der Waals surface area (Å²) in [6.07, 6.45) is 1.47. The monoisotopic (exact) mass is 226 g/mol. The molecule has 0 atom stereocenters. The molecular weight excluding hydrogens is 219 g/mol. The molecule has 0 aliphatic carbocycles. The average molecular weight is 227 g/mol. The van der Waals surface area contributed by atoms with Gasteiger partial charge < -0.3 is 5.73 Å². The molecule has 1 aromatic heterocycles. The molecule has 0 fully saturated rings. The van der Waals surface area contributed by atoms with Crippen molar-refractivity contribution < 1.29 is 4.39 Å². The summed E-state index contributed by atoms with van der Waals surface area (Å²) in [5.74, 6) is -0.456. The van der Waals surface area contributed by atoms with Gasteiger partial charge in [-0.25, -0.2) is 9.07 Å². The summed E-state index contributed by atoms with van der Waals surface area (Å²) in [6.45, 7) is 0.220. The van der Waals surface area contributed by atoms with Gasteiger partial charge in [-0.15, -0.1) is 5.10 Å². The first kappa shape index (κ1) is 10.1. The Balaban J connectivity index is 2.63. The number of halogens is 2. The smallest absolute Gasteiger partial charge is 0.150 e.